The van der Waals surface area contributed by atoms with E-state index in [9.17, 15) is 39.9 Å². The highest BCUT2D eigenvalue weighted by Gasteiger charge is 2.50. The van der Waals surface area contributed by atoms with Crippen LogP contribution in [0.1, 0.15) is 83.8 Å². The van der Waals surface area contributed by atoms with Crippen molar-refractivity contribution in [2.24, 2.45) is 28.8 Å². The monoisotopic (exact) mass is 826 g/mol. The maximum Gasteiger partial charge on any atom is 0.312 e. The number of esters is 1. The summed E-state index contributed by atoms with van der Waals surface area (Å²) >= 11 is 0. The fraction of sp³-hybridized carbons (Fsp3) is 0.535. The van der Waals surface area contributed by atoms with Crippen molar-refractivity contribution in [3.05, 3.63) is 52.8 Å². The highest BCUT2D eigenvalue weighted by atomic mass is 16.7. The second-order valence-corrected chi connectivity index (χ2v) is 15.6. The Morgan fingerprint density at radius 3 is 2.27 bits per heavy atom. The van der Waals surface area contributed by atoms with Crippen molar-refractivity contribution in [3.8, 4) is 23.0 Å². The van der Waals surface area contributed by atoms with Crippen LogP contribution in [0, 0.1) is 30.6 Å². The number of ether oxygens (including phenoxy) is 5. The molecular weight excluding hydrogens is 768 g/mol. The average Bonchev–Trinajstić information content (AvgIpc) is 3.45. The first-order valence-corrected chi connectivity index (χ1v) is 19.5. The number of hydrogen-bond donors (Lipinski definition) is 6. The topological polar surface area (TPSA) is 232 Å². The number of nitrogens with one attached hydrogen (secondary N) is 1. The van der Waals surface area contributed by atoms with Crippen molar-refractivity contribution in [1.82, 2.24) is 0 Å². The van der Waals surface area contributed by atoms with Crippen molar-refractivity contribution in [2.75, 3.05) is 25.6 Å². The number of benzene rings is 2. The van der Waals surface area contributed by atoms with Crippen LogP contribution in [0.15, 0.2) is 41.3 Å². The van der Waals surface area contributed by atoms with E-state index in [1.165, 1.54) is 53.2 Å². The molecule has 0 aliphatic carbocycles. The summed E-state index contributed by atoms with van der Waals surface area (Å²) in [7, 11) is 1.42. The number of aliphatic hydroxyl groups is 2. The highest BCUT2D eigenvalue weighted by Crippen LogP contribution is 2.55. The van der Waals surface area contributed by atoms with Crippen molar-refractivity contribution in [3.63, 3.8) is 0 Å². The van der Waals surface area contributed by atoms with E-state index in [1.54, 1.807) is 39.8 Å². The smallest absolute Gasteiger partial charge is 0.312 e. The lowest BCUT2D eigenvalue weighted by molar-refractivity contribution is -0.160. The predicted molar refractivity (Wildman–Crippen MR) is 218 cm³/mol. The van der Waals surface area contributed by atoms with Crippen molar-refractivity contribution in [2.45, 2.75) is 106 Å². The minimum atomic E-state index is -2.07. The Morgan fingerprint density at radius 2 is 1.64 bits per heavy atom. The lowest BCUT2D eigenvalue weighted by Gasteiger charge is -2.38. The number of nitrogens with zero attached hydrogens (tertiary/aromatic N) is 1. The van der Waals surface area contributed by atoms with Crippen LogP contribution >= 0.6 is 0 Å². The van der Waals surface area contributed by atoms with Crippen LogP contribution < -0.4 is 10.1 Å². The standard InChI is InChI=1S/C43H58N2O14/c1-20(2)55-17-18-57-44-19-28-33-38(51)31-30(37(28)50)32-40(26(8)36(31)49)59-43(10,41(32)52)56-16-15-29(54-11)23(5)39(58-27(9)46)25(7)35(48)24(6)34(47)21(3)13-12-14-22(4)42(53)45-33/h12-16,19-21,23-25,29,34-35,39,47-51H,17-18H2,1-11H3,(H,45,53)/b13-12+,16-15+,22-14-,44-19+/t21-,23-,24-,25-,29+,34+,35-,39-,43+/m1/s1. The number of carbonyl (C=O) groups is 3. The second-order valence-electron chi connectivity index (χ2n) is 15.6. The van der Waals surface area contributed by atoms with Gasteiger partial charge in [0.15, 0.2) is 5.75 Å². The molecule has 5 rings (SSSR count). The number of carbonyl (C=O) groups excluding carboxylic acids is 3. The van der Waals surface area contributed by atoms with Gasteiger partial charge in [-0.2, -0.15) is 0 Å². The van der Waals surface area contributed by atoms with E-state index in [0.717, 1.165) is 6.21 Å². The molecule has 3 aliphatic heterocycles. The maximum absolute atomic E-state index is 14.4. The summed E-state index contributed by atoms with van der Waals surface area (Å²) in [4.78, 5) is 45.6. The van der Waals surface area contributed by atoms with Gasteiger partial charge in [0.1, 0.15) is 30.0 Å². The molecule has 0 saturated heterocycles. The quantitative estimate of drug-likeness (QED) is 0.0480. The highest BCUT2D eigenvalue weighted by molar-refractivity contribution is 6.23. The Kier molecular flexibility index (Phi) is 15.2. The third-order valence-electron chi connectivity index (χ3n) is 10.9. The molecule has 3 heterocycles. The van der Waals surface area contributed by atoms with Crippen LogP contribution in [0.25, 0.3) is 10.8 Å². The Bertz CT molecular complexity index is 2020. The van der Waals surface area contributed by atoms with Gasteiger partial charge < -0.3 is 59.4 Å². The molecule has 1 amide bonds. The van der Waals surface area contributed by atoms with E-state index in [2.05, 4.69) is 10.5 Å². The van der Waals surface area contributed by atoms with Gasteiger partial charge in [0.2, 0.25) is 0 Å². The number of ketones is 1. The molecule has 2 aromatic rings. The van der Waals surface area contributed by atoms with E-state index in [0.29, 0.717) is 0 Å². The number of aromatic hydroxyl groups is 3. The van der Waals surface area contributed by atoms with Gasteiger partial charge in [0, 0.05) is 61.2 Å². The molecule has 3 aliphatic rings. The largest absolute Gasteiger partial charge is 0.507 e. The number of phenols is 3. The van der Waals surface area contributed by atoms with Gasteiger partial charge in [-0.25, -0.2) is 0 Å². The van der Waals surface area contributed by atoms with E-state index < -0.39 is 88.8 Å². The third-order valence-corrected chi connectivity index (χ3v) is 10.9. The van der Waals surface area contributed by atoms with Gasteiger partial charge in [-0.1, -0.05) is 51.1 Å². The molecule has 324 valence electrons. The average molecular weight is 827 g/mol. The maximum atomic E-state index is 14.4. The molecule has 2 aromatic carbocycles. The summed E-state index contributed by atoms with van der Waals surface area (Å²) in [5.74, 6) is -8.76. The number of aliphatic hydroxyl groups excluding tert-OH is 2. The second kappa shape index (κ2) is 19.3. The number of Topliss-reactive ketones (excluding diaryl/α,β-unsaturated/α-hetero) is 1. The van der Waals surface area contributed by atoms with Gasteiger partial charge in [0.05, 0.1) is 65.7 Å². The van der Waals surface area contributed by atoms with Crippen molar-refractivity contribution >= 4 is 40.3 Å². The fourth-order valence-electron chi connectivity index (χ4n) is 7.34. The number of hydrogen-bond acceptors (Lipinski definition) is 15. The SMILES string of the molecule is CO[C@H]1/C=C/O[C@@]2(C)Oc3c(C)c(O)c4c(O)c(c(/C=N/OCCOC(C)C)c(O)c4c3C2=O)NC(=O)/C(C)=C\C=C\[C@@H](C)[C@H](O)[C@@H](C)[C@@H](O)[C@@H](C)[C@H](OC(C)=O)[C@@H]1C. The van der Waals surface area contributed by atoms with Crippen LogP contribution in [0.4, 0.5) is 5.69 Å². The van der Waals surface area contributed by atoms with Gasteiger partial charge >= 0.3 is 11.8 Å². The molecule has 0 saturated carbocycles. The lowest BCUT2D eigenvalue weighted by Crippen LogP contribution is -2.46. The number of rotatable bonds is 8. The summed E-state index contributed by atoms with van der Waals surface area (Å²) in [5.41, 5.74) is -0.693. The summed E-state index contributed by atoms with van der Waals surface area (Å²) in [6.07, 6.45) is 4.37. The minimum absolute atomic E-state index is 0.0206. The Balaban J connectivity index is 1.94. The summed E-state index contributed by atoms with van der Waals surface area (Å²) in [5, 5.41) is 63.9. The Morgan fingerprint density at radius 1 is 0.966 bits per heavy atom. The number of methoxy groups -OCH3 is 1. The molecule has 5 bridgehead atoms. The van der Waals surface area contributed by atoms with Gasteiger partial charge in [0.25, 0.3) is 11.7 Å². The summed E-state index contributed by atoms with van der Waals surface area (Å²) < 4.78 is 28.9. The molecule has 0 radical (unpaired) electrons. The molecule has 9 atom stereocenters. The molecule has 16 nitrogen and oxygen atoms in total. The summed E-state index contributed by atoms with van der Waals surface area (Å²) in [6.45, 7) is 16.3. The first kappa shape index (κ1) is 46.5. The first-order chi connectivity index (χ1) is 27.7. The molecule has 0 unspecified atom stereocenters. The van der Waals surface area contributed by atoms with Gasteiger partial charge in [-0.3, -0.25) is 14.4 Å². The van der Waals surface area contributed by atoms with E-state index in [-0.39, 0.29) is 63.8 Å². The molecule has 0 aromatic heterocycles. The predicted octanol–water partition coefficient (Wildman–Crippen LogP) is 5.53. The van der Waals surface area contributed by atoms with Crippen molar-refractivity contribution in [1.29, 1.82) is 0 Å². The lowest BCUT2D eigenvalue weighted by atomic mass is 9.78. The number of fused-ring (bicyclic) bond motifs is 14. The van der Waals surface area contributed by atoms with Crippen LogP contribution in [-0.2, 0) is 33.4 Å². The first-order valence-electron chi connectivity index (χ1n) is 19.5. The van der Waals surface area contributed by atoms with Crippen molar-refractivity contribution < 1.29 is 68.4 Å². The van der Waals surface area contributed by atoms with E-state index >= 15 is 0 Å². The van der Waals surface area contributed by atoms with E-state index in [1.807, 2.05) is 13.8 Å². The Hall–Kier alpha value is -5.16. The number of allylic oxidation sites excluding steroid dienone is 2. The normalized spacial score (nSPS) is 30.2. The zero-order valence-corrected chi connectivity index (χ0v) is 35.4. The van der Waals surface area contributed by atoms with Crippen LogP contribution in [0.5, 0.6) is 23.0 Å². The molecule has 0 spiro atoms. The molecule has 0 fully saturated rings. The van der Waals surface area contributed by atoms with Crippen LogP contribution in [0.3, 0.4) is 0 Å². The molecular formula is C43H58N2O14. The van der Waals surface area contributed by atoms with Gasteiger partial charge in [-0.05, 0) is 33.8 Å². The number of anilines is 1. The zero-order chi connectivity index (χ0) is 44.1. The third kappa shape index (κ3) is 9.84. The van der Waals surface area contributed by atoms with Crippen LogP contribution in [0.2, 0.25) is 0 Å². The molecule has 16 heteroatoms. The van der Waals surface area contributed by atoms with Gasteiger partial charge in [-0.15, -0.1) is 0 Å². The molecule has 6 N–H and O–H groups in total. The minimum Gasteiger partial charge on any atom is -0.507 e. The zero-order valence-electron chi connectivity index (χ0n) is 35.4. The summed E-state index contributed by atoms with van der Waals surface area (Å²) in [6, 6.07) is 0. The number of amides is 1. The fourth-order valence-corrected chi connectivity index (χ4v) is 7.34. The number of phenolic OH excluding ortho intramolecular Hbond substituents is 3. The molecule has 59 heavy (non-hydrogen) atoms. The van der Waals surface area contributed by atoms with Crippen LogP contribution in [-0.4, -0.2) is 106 Å². The number of oxime groups is 1. The van der Waals surface area contributed by atoms with E-state index in [4.69, 9.17) is 28.5 Å². The Labute approximate surface area is 344 Å².